The molecule has 2 heterocycles. The molecule has 1 unspecified atom stereocenters. The van der Waals surface area contributed by atoms with Gasteiger partial charge in [-0.3, -0.25) is 14.4 Å². The number of hydrogen-bond donors (Lipinski definition) is 3. The zero-order valence-corrected chi connectivity index (χ0v) is 23.9. The largest absolute Gasteiger partial charge is 0.485 e. The molecule has 3 amide bonds. The topological polar surface area (TPSA) is 161 Å². The highest BCUT2D eigenvalue weighted by Crippen LogP contribution is 2.31. The Hall–Kier alpha value is -5.28. The maximum absolute atomic E-state index is 14.2. The number of ether oxygens (including phenoxy) is 2. The van der Waals surface area contributed by atoms with Crippen LogP contribution in [0.5, 0.6) is 5.75 Å². The maximum atomic E-state index is 14.2. The van der Waals surface area contributed by atoms with Gasteiger partial charge in [-0.25, -0.2) is 27.3 Å². The highest BCUT2D eigenvalue weighted by atomic mass is 19.3. The average molecular weight is 622 g/mol. The number of nitrogens with zero attached hydrogens (tertiary/aromatic N) is 3. The number of carboxylic acid groups (broad SMARTS) is 1. The number of alkyl carbamates (subject to hydrolysis) is 1. The van der Waals surface area contributed by atoms with E-state index >= 15 is 0 Å². The number of nitrogens with one attached hydrogen (secondary N) is 2. The molecular formula is C28H30F3N5O8. The van der Waals surface area contributed by atoms with Crippen LogP contribution in [-0.4, -0.2) is 83.4 Å². The molecule has 0 aliphatic carbocycles. The smallest absolute Gasteiger partial charge is 0.416 e. The van der Waals surface area contributed by atoms with Gasteiger partial charge in [0.25, 0.3) is 12.0 Å². The molecule has 3 aromatic rings. The van der Waals surface area contributed by atoms with Gasteiger partial charge in [0.05, 0.1) is 19.3 Å². The highest BCUT2D eigenvalue weighted by Gasteiger charge is 2.23. The summed E-state index contributed by atoms with van der Waals surface area (Å²) in [6, 6.07) is 4.58. The Morgan fingerprint density at radius 2 is 1.89 bits per heavy atom. The van der Waals surface area contributed by atoms with Crippen LogP contribution < -0.4 is 20.9 Å². The van der Waals surface area contributed by atoms with Crippen LogP contribution in [0.2, 0.25) is 0 Å². The molecule has 44 heavy (non-hydrogen) atoms. The molecule has 0 radical (unpaired) electrons. The van der Waals surface area contributed by atoms with Gasteiger partial charge >= 0.3 is 12.2 Å². The number of rotatable bonds is 12. The summed E-state index contributed by atoms with van der Waals surface area (Å²) in [5.74, 6) is -2.32. The molecule has 3 rings (SSSR count). The predicted octanol–water partition coefficient (Wildman–Crippen LogP) is 3.25. The number of amides is 3. The molecule has 13 nitrogen and oxygen atoms in total. The molecule has 0 saturated carbocycles. The first-order valence-corrected chi connectivity index (χ1v) is 13.0. The summed E-state index contributed by atoms with van der Waals surface area (Å²) < 4.78 is 51.0. The van der Waals surface area contributed by atoms with Gasteiger partial charge in [0.1, 0.15) is 35.4 Å². The van der Waals surface area contributed by atoms with Crippen LogP contribution in [0.4, 0.5) is 28.4 Å². The Labute approximate surface area is 248 Å². The lowest BCUT2D eigenvalue weighted by Gasteiger charge is -2.17. The number of methoxy groups -OCH3 is 1. The normalized spacial score (nSPS) is 11.9. The molecule has 1 aromatic carbocycles. The second-order valence-corrected chi connectivity index (χ2v) is 9.54. The number of hydrogen-bond acceptors (Lipinski definition) is 7. The van der Waals surface area contributed by atoms with Crippen molar-refractivity contribution in [2.45, 2.75) is 31.9 Å². The van der Waals surface area contributed by atoms with Gasteiger partial charge in [0.15, 0.2) is 0 Å². The molecule has 2 aromatic heterocycles. The fourth-order valence-electron chi connectivity index (χ4n) is 4.15. The van der Waals surface area contributed by atoms with Crippen molar-refractivity contribution in [1.82, 2.24) is 19.4 Å². The number of allylic oxidation sites excluding steroid dienone is 1. The number of pyridine rings is 1. The molecule has 3 N–H and O–H groups in total. The first-order valence-electron chi connectivity index (χ1n) is 13.0. The van der Waals surface area contributed by atoms with E-state index in [1.165, 1.54) is 41.4 Å². The third-order valence-corrected chi connectivity index (χ3v) is 6.19. The molecule has 16 heteroatoms. The second-order valence-electron chi connectivity index (χ2n) is 9.54. The first-order chi connectivity index (χ1) is 20.8. The van der Waals surface area contributed by atoms with E-state index in [2.05, 4.69) is 15.4 Å². The standard InChI is InChI=1S/C28H30F3N5O8/c1-34(2)23(37)9-5-4-7-19(33-27(40)43-3)25(38)32-20-8-6-10-35(26(20)39)14-18-12-16-11-17(29)13-21(44-15-22(30)31)24(16)36(18)28(41)42/h5-6,8-13,19,22H,4,7,14-15H2,1-3H3,(H,32,38)(H,33,40)(H,41,42). The molecule has 236 valence electrons. The molecular weight excluding hydrogens is 591 g/mol. The number of carbonyl (C=O) groups is 4. The summed E-state index contributed by atoms with van der Waals surface area (Å²) in [6.45, 7) is -1.48. The third-order valence-electron chi connectivity index (χ3n) is 6.19. The highest BCUT2D eigenvalue weighted by molar-refractivity contribution is 5.96. The summed E-state index contributed by atoms with van der Waals surface area (Å²) in [5.41, 5.74) is -1.19. The lowest BCUT2D eigenvalue weighted by molar-refractivity contribution is -0.123. The molecule has 0 spiro atoms. The third kappa shape index (κ3) is 8.39. The monoisotopic (exact) mass is 621 g/mol. The fourth-order valence-corrected chi connectivity index (χ4v) is 4.15. The van der Waals surface area contributed by atoms with E-state index in [-0.39, 0.29) is 47.6 Å². The van der Waals surface area contributed by atoms with Crippen molar-refractivity contribution in [1.29, 1.82) is 0 Å². The van der Waals surface area contributed by atoms with Crippen LogP contribution in [-0.2, 0) is 20.9 Å². The Morgan fingerprint density at radius 3 is 2.52 bits per heavy atom. The van der Waals surface area contributed by atoms with Crippen LogP contribution in [0.3, 0.4) is 0 Å². The van der Waals surface area contributed by atoms with E-state index in [9.17, 15) is 42.3 Å². The summed E-state index contributed by atoms with van der Waals surface area (Å²) in [5, 5.41) is 14.7. The van der Waals surface area contributed by atoms with Crippen molar-refractivity contribution in [3.05, 3.63) is 70.5 Å². The Bertz CT molecular complexity index is 1630. The van der Waals surface area contributed by atoms with E-state index in [0.717, 1.165) is 23.8 Å². The van der Waals surface area contributed by atoms with E-state index in [0.29, 0.717) is 4.57 Å². The van der Waals surface area contributed by atoms with E-state index in [1.54, 1.807) is 14.1 Å². The summed E-state index contributed by atoms with van der Waals surface area (Å²) in [6.07, 6.45) is -0.945. The van der Waals surface area contributed by atoms with Crippen LogP contribution in [0.25, 0.3) is 10.9 Å². The van der Waals surface area contributed by atoms with Gasteiger partial charge in [-0.15, -0.1) is 0 Å². The van der Waals surface area contributed by atoms with Gasteiger partial charge in [0.2, 0.25) is 11.8 Å². The van der Waals surface area contributed by atoms with Crippen LogP contribution in [0, 0.1) is 5.82 Å². The van der Waals surface area contributed by atoms with E-state index in [4.69, 9.17) is 4.74 Å². The number of halogens is 3. The van der Waals surface area contributed by atoms with Gasteiger partial charge in [0, 0.05) is 31.7 Å². The van der Waals surface area contributed by atoms with Crippen molar-refractivity contribution in [2.75, 3.05) is 33.1 Å². The average Bonchev–Trinajstić information content (AvgIpc) is 3.32. The maximum Gasteiger partial charge on any atom is 0.416 e. The number of anilines is 1. The number of fused-ring (bicyclic) bond motifs is 1. The van der Waals surface area contributed by atoms with Gasteiger partial charge in [-0.2, -0.15) is 0 Å². The Morgan fingerprint density at radius 1 is 1.16 bits per heavy atom. The van der Waals surface area contributed by atoms with Crippen LogP contribution >= 0.6 is 0 Å². The van der Waals surface area contributed by atoms with Crippen molar-refractivity contribution in [3.63, 3.8) is 0 Å². The molecule has 0 fully saturated rings. The minimum atomic E-state index is -2.90. The fraction of sp³-hybridized carbons (Fsp3) is 0.321. The van der Waals surface area contributed by atoms with E-state index < -0.39 is 54.3 Å². The Kier molecular flexibility index (Phi) is 11.1. The summed E-state index contributed by atoms with van der Waals surface area (Å²) in [7, 11) is 4.24. The zero-order chi connectivity index (χ0) is 32.6. The lowest BCUT2D eigenvalue weighted by Crippen LogP contribution is -2.44. The number of likely N-dealkylation sites (N-methyl/N-ethyl adjacent to an activating group) is 1. The number of benzene rings is 1. The lowest BCUT2D eigenvalue weighted by atomic mass is 10.1. The summed E-state index contributed by atoms with van der Waals surface area (Å²) in [4.78, 5) is 63.4. The minimum absolute atomic E-state index is 0.0298. The number of aromatic nitrogens is 2. The molecule has 1 atom stereocenters. The van der Waals surface area contributed by atoms with Gasteiger partial charge < -0.3 is 34.7 Å². The quantitative estimate of drug-likeness (QED) is 0.260. The van der Waals surface area contributed by atoms with Gasteiger partial charge in [-0.05, 0) is 43.2 Å². The molecule has 0 bridgehead atoms. The second kappa shape index (κ2) is 14.8. The summed E-state index contributed by atoms with van der Waals surface area (Å²) >= 11 is 0. The number of alkyl halides is 2. The van der Waals surface area contributed by atoms with Crippen molar-refractivity contribution in [2.24, 2.45) is 0 Å². The van der Waals surface area contributed by atoms with E-state index in [1.807, 2.05) is 0 Å². The minimum Gasteiger partial charge on any atom is -0.485 e. The van der Waals surface area contributed by atoms with Crippen molar-refractivity contribution < 1.29 is 46.9 Å². The van der Waals surface area contributed by atoms with Crippen molar-refractivity contribution in [3.8, 4) is 5.75 Å². The molecule has 0 aliphatic rings. The van der Waals surface area contributed by atoms with Gasteiger partial charge in [-0.1, -0.05) is 6.08 Å². The molecule has 0 saturated heterocycles. The number of carbonyl (C=O) groups excluding carboxylic acids is 3. The van der Waals surface area contributed by atoms with Crippen LogP contribution in [0.1, 0.15) is 18.5 Å². The first kappa shape index (κ1) is 33.2. The van der Waals surface area contributed by atoms with Crippen molar-refractivity contribution >= 4 is 40.6 Å². The predicted molar refractivity (Wildman–Crippen MR) is 152 cm³/mol. The Balaban J connectivity index is 1.89. The van der Waals surface area contributed by atoms with Crippen LogP contribution in [0.15, 0.2) is 53.5 Å². The SMILES string of the molecule is COC(=O)NC(CCC=CC(=O)N(C)C)C(=O)Nc1cccn(Cc2cc3cc(F)cc(OCC(F)F)c3n2C(=O)O)c1=O. The zero-order valence-electron chi connectivity index (χ0n) is 23.9. The molecule has 0 aliphatic heterocycles.